The third-order valence-corrected chi connectivity index (χ3v) is 5.51. The number of likely N-dealkylation sites (tertiary alicyclic amines) is 1. The number of carbonyl (C=O) groups excluding carboxylic acids is 1. The van der Waals surface area contributed by atoms with Crippen molar-refractivity contribution in [2.75, 3.05) is 25.0 Å². The molecule has 1 atom stereocenters. The lowest BCUT2D eigenvalue weighted by molar-refractivity contribution is 0.123. The largest absolute Gasteiger partial charge is 0.493 e. The summed E-state index contributed by atoms with van der Waals surface area (Å²) in [4.78, 5) is 19.2. The highest BCUT2D eigenvalue weighted by molar-refractivity contribution is 5.89. The highest BCUT2D eigenvalue weighted by atomic mass is 16.5. The van der Waals surface area contributed by atoms with Gasteiger partial charge in [-0.05, 0) is 50.6 Å². The maximum absolute atomic E-state index is 12.3. The van der Waals surface area contributed by atoms with E-state index in [-0.39, 0.29) is 12.1 Å². The maximum Gasteiger partial charge on any atom is 0.319 e. The first kappa shape index (κ1) is 21.8. The summed E-state index contributed by atoms with van der Waals surface area (Å²) in [5.41, 5.74) is 1.59. The fourth-order valence-corrected chi connectivity index (χ4v) is 3.94. The molecule has 0 saturated carbocycles. The summed E-state index contributed by atoms with van der Waals surface area (Å²) in [7, 11) is 0. The quantitative estimate of drug-likeness (QED) is 0.548. The van der Waals surface area contributed by atoms with Gasteiger partial charge in [0.05, 0.1) is 18.7 Å². The van der Waals surface area contributed by atoms with E-state index in [2.05, 4.69) is 25.7 Å². The van der Waals surface area contributed by atoms with Crippen molar-refractivity contribution in [2.45, 2.75) is 38.8 Å². The number of hydrogen-bond donors (Lipinski definition) is 2. The highest BCUT2D eigenvalue weighted by Gasteiger charge is 2.25. The van der Waals surface area contributed by atoms with Crippen LogP contribution in [0.25, 0.3) is 11.4 Å². The topological polar surface area (TPSA) is 92.5 Å². The smallest absolute Gasteiger partial charge is 0.319 e. The summed E-state index contributed by atoms with van der Waals surface area (Å²) in [5.74, 6) is 1.83. The number of ether oxygens (including phenoxy) is 1. The standard InChI is InChI=1S/C24H29N5O3/c1-2-31-21-14-7-6-13-20(21)23-27-22(32-28-23)17-29-15-9-8-12-19(29)16-25-24(30)26-18-10-4-3-5-11-18/h3-7,10-11,13-14,19H,2,8-9,12,15-17H2,1H3,(H2,25,26,30)/t19-/m1/s1. The molecule has 2 N–H and O–H groups in total. The van der Waals surface area contributed by atoms with Gasteiger partial charge in [0.2, 0.25) is 11.7 Å². The lowest BCUT2D eigenvalue weighted by Crippen LogP contribution is -2.47. The van der Waals surface area contributed by atoms with E-state index in [0.717, 1.165) is 42.8 Å². The van der Waals surface area contributed by atoms with Gasteiger partial charge in [0.15, 0.2) is 0 Å². The Hall–Kier alpha value is -3.39. The van der Waals surface area contributed by atoms with Crippen LogP contribution >= 0.6 is 0 Å². The molecule has 1 fully saturated rings. The van der Waals surface area contributed by atoms with Crippen LogP contribution < -0.4 is 15.4 Å². The molecule has 0 aliphatic carbocycles. The van der Waals surface area contributed by atoms with E-state index in [1.54, 1.807) is 0 Å². The normalized spacial score (nSPS) is 16.5. The number of nitrogens with one attached hydrogen (secondary N) is 2. The van der Waals surface area contributed by atoms with Gasteiger partial charge in [-0.15, -0.1) is 0 Å². The number of piperidine rings is 1. The van der Waals surface area contributed by atoms with Crippen LogP contribution in [0.3, 0.4) is 0 Å². The van der Waals surface area contributed by atoms with Crippen molar-refractivity contribution < 1.29 is 14.1 Å². The average Bonchev–Trinajstić information content (AvgIpc) is 3.28. The zero-order valence-corrected chi connectivity index (χ0v) is 18.3. The minimum Gasteiger partial charge on any atom is -0.493 e. The molecule has 0 unspecified atom stereocenters. The summed E-state index contributed by atoms with van der Waals surface area (Å²) >= 11 is 0. The molecular weight excluding hydrogens is 406 g/mol. The maximum atomic E-state index is 12.3. The fraction of sp³-hybridized carbons (Fsp3) is 0.375. The number of benzene rings is 2. The molecule has 4 rings (SSSR count). The fourth-order valence-electron chi connectivity index (χ4n) is 3.94. The Kier molecular flexibility index (Phi) is 7.34. The lowest BCUT2D eigenvalue weighted by Gasteiger charge is -2.34. The number of para-hydroxylation sites is 2. The van der Waals surface area contributed by atoms with Gasteiger partial charge in [-0.1, -0.05) is 41.9 Å². The van der Waals surface area contributed by atoms with Gasteiger partial charge in [-0.25, -0.2) is 4.79 Å². The monoisotopic (exact) mass is 435 g/mol. The Labute approximate surface area is 188 Å². The Morgan fingerprint density at radius 2 is 1.97 bits per heavy atom. The second-order valence-corrected chi connectivity index (χ2v) is 7.76. The van der Waals surface area contributed by atoms with Crippen molar-refractivity contribution in [3.63, 3.8) is 0 Å². The summed E-state index contributed by atoms with van der Waals surface area (Å²) in [5, 5.41) is 10.0. The zero-order valence-electron chi connectivity index (χ0n) is 18.3. The molecule has 2 amide bonds. The number of nitrogens with zero attached hydrogens (tertiary/aromatic N) is 3. The van der Waals surface area contributed by atoms with E-state index >= 15 is 0 Å². The molecule has 0 bridgehead atoms. The Bertz CT molecular complexity index is 1010. The number of anilines is 1. The van der Waals surface area contributed by atoms with Crippen molar-refractivity contribution in [3.05, 3.63) is 60.5 Å². The third kappa shape index (κ3) is 5.64. The molecule has 0 spiro atoms. The number of aromatic nitrogens is 2. The first-order valence-electron chi connectivity index (χ1n) is 11.1. The van der Waals surface area contributed by atoms with Crippen LogP contribution in [0.5, 0.6) is 5.75 Å². The van der Waals surface area contributed by atoms with E-state index in [9.17, 15) is 4.79 Å². The molecule has 2 aromatic carbocycles. The molecule has 3 aromatic rings. The van der Waals surface area contributed by atoms with Gasteiger partial charge in [0.25, 0.3) is 0 Å². The number of amides is 2. The summed E-state index contributed by atoms with van der Waals surface area (Å²) < 4.78 is 11.2. The lowest BCUT2D eigenvalue weighted by atomic mass is 10.0. The number of hydrogen-bond acceptors (Lipinski definition) is 6. The molecule has 1 aliphatic rings. The van der Waals surface area contributed by atoms with E-state index in [4.69, 9.17) is 9.26 Å². The van der Waals surface area contributed by atoms with Crippen LogP contribution in [-0.2, 0) is 6.54 Å². The molecule has 32 heavy (non-hydrogen) atoms. The molecule has 1 aromatic heterocycles. The van der Waals surface area contributed by atoms with Gasteiger partial charge >= 0.3 is 6.03 Å². The summed E-state index contributed by atoms with van der Waals surface area (Å²) in [6, 6.07) is 17.1. The van der Waals surface area contributed by atoms with Gasteiger partial charge in [0.1, 0.15) is 5.75 Å². The van der Waals surface area contributed by atoms with Crippen LogP contribution in [-0.4, -0.2) is 46.8 Å². The van der Waals surface area contributed by atoms with Crippen LogP contribution in [0.1, 0.15) is 32.1 Å². The third-order valence-electron chi connectivity index (χ3n) is 5.51. The van der Waals surface area contributed by atoms with Crippen LogP contribution in [0, 0.1) is 0 Å². The van der Waals surface area contributed by atoms with Crippen molar-refractivity contribution in [2.24, 2.45) is 0 Å². The van der Waals surface area contributed by atoms with Gasteiger partial charge in [-0.3, -0.25) is 4.90 Å². The van der Waals surface area contributed by atoms with Crippen molar-refractivity contribution in [3.8, 4) is 17.1 Å². The van der Waals surface area contributed by atoms with Gasteiger partial charge in [-0.2, -0.15) is 4.98 Å². The molecule has 8 heteroatoms. The predicted octanol–water partition coefficient (Wildman–Crippen LogP) is 4.31. The summed E-state index contributed by atoms with van der Waals surface area (Å²) in [6.07, 6.45) is 3.26. The molecule has 0 radical (unpaired) electrons. The van der Waals surface area contributed by atoms with E-state index in [1.807, 2.05) is 61.5 Å². The first-order valence-corrected chi connectivity index (χ1v) is 11.1. The Morgan fingerprint density at radius 3 is 2.81 bits per heavy atom. The molecular formula is C24H29N5O3. The summed E-state index contributed by atoms with van der Waals surface area (Å²) in [6.45, 7) is 4.56. The Balaban J connectivity index is 1.36. The van der Waals surface area contributed by atoms with Crippen LogP contribution in [0.4, 0.5) is 10.5 Å². The van der Waals surface area contributed by atoms with Gasteiger partial charge < -0.3 is 19.9 Å². The molecule has 1 saturated heterocycles. The van der Waals surface area contributed by atoms with E-state index in [0.29, 0.717) is 31.4 Å². The van der Waals surface area contributed by atoms with E-state index < -0.39 is 0 Å². The zero-order chi connectivity index (χ0) is 22.2. The van der Waals surface area contributed by atoms with Crippen LogP contribution in [0.15, 0.2) is 59.1 Å². The van der Waals surface area contributed by atoms with E-state index in [1.165, 1.54) is 0 Å². The number of carbonyl (C=O) groups is 1. The molecule has 1 aliphatic heterocycles. The SMILES string of the molecule is CCOc1ccccc1-c1noc(CN2CCCC[C@@H]2CNC(=O)Nc2ccccc2)n1. The van der Waals surface area contributed by atoms with Crippen LogP contribution in [0.2, 0.25) is 0 Å². The second-order valence-electron chi connectivity index (χ2n) is 7.76. The first-order chi connectivity index (χ1) is 15.7. The highest BCUT2D eigenvalue weighted by Crippen LogP contribution is 2.28. The number of rotatable bonds is 8. The average molecular weight is 436 g/mol. The minimum absolute atomic E-state index is 0.200. The predicted molar refractivity (Wildman–Crippen MR) is 122 cm³/mol. The Morgan fingerprint density at radius 1 is 1.16 bits per heavy atom. The van der Waals surface area contributed by atoms with Crippen molar-refractivity contribution >= 4 is 11.7 Å². The second kappa shape index (κ2) is 10.8. The van der Waals surface area contributed by atoms with Crippen molar-refractivity contribution in [1.82, 2.24) is 20.4 Å². The number of urea groups is 1. The van der Waals surface area contributed by atoms with Gasteiger partial charge in [0, 0.05) is 18.3 Å². The molecule has 8 nitrogen and oxygen atoms in total. The molecule has 2 heterocycles. The van der Waals surface area contributed by atoms with Crippen molar-refractivity contribution in [1.29, 1.82) is 0 Å². The molecule has 168 valence electrons. The minimum atomic E-state index is -0.200.